The highest BCUT2D eigenvalue weighted by molar-refractivity contribution is 6.03. The third-order valence-electron chi connectivity index (χ3n) is 4.28. The number of benzene rings is 1. The van der Waals surface area contributed by atoms with Gasteiger partial charge in [0.05, 0.1) is 18.9 Å². The standard InChI is InChI=1S/C16H18N4O5/c1-19-14(22)13(15(23)20(2)16(19)24)10-7-9(17-18-10)8-4-5-11(21)12(6-8)25-3/h4-6,9,17,21-22H,7H2,1-3H3/t9-/m1/s1. The molecule has 0 spiro atoms. The average Bonchev–Trinajstić information content (AvgIpc) is 3.08. The van der Waals surface area contributed by atoms with Crippen LogP contribution < -0.4 is 21.4 Å². The van der Waals surface area contributed by atoms with Gasteiger partial charge in [-0.25, -0.2) is 4.79 Å². The van der Waals surface area contributed by atoms with Crippen molar-refractivity contribution in [1.82, 2.24) is 14.6 Å². The van der Waals surface area contributed by atoms with Crippen LogP contribution in [-0.2, 0) is 14.1 Å². The van der Waals surface area contributed by atoms with Crippen molar-refractivity contribution < 1.29 is 14.9 Å². The lowest BCUT2D eigenvalue weighted by molar-refractivity contribution is 0.372. The van der Waals surface area contributed by atoms with E-state index in [9.17, 15) is 19.8 Å². The van der Waals surface area contributed by atoms with Crippen LogP contribution in [0.1, 0.15) is 23.6 Å². The molecule has 25 heavy (non-hydrogen) atoms. The summed E-state index contributed by atoms with van der Waals surface area (Å²) in [4.78, 5) is 24.2. The van der Waals surface area contributed by atoms with E-state index in [1.54, 1.807) is 12.1 Å². The number of rotatable bonds is 3. The summed E-state index contributed by atoms with van der Waals surface area (Å²) in [5.74, 6) is -0.0684. The molecule has 9 nitrogen and oxygen atoms in total. The number of hydrogen-bond acceptors (Lipinski definition) is 7. The van der Waals surface area contributed by atoms with Crippen LogP contribution in [0.15, 0.2) is 32.9 Å². The number of hydrazone groups is 1. The van der Waals surface area contributed by atoms with Crippen molar-refractivity contribution >= 4 is 5.71 Å². The molecule has 9 heteroatoms. The first-order valence-corrected chi connectivity index (χ1v) is 7.53. The zero-order chi connectivity index (χ0) is 18.3. The molecule has 3 rings (SSSR count). The minimum Gasteiger partial charge on any atom is -0.504 e. The lowest BCUT2D eigenvalue weighted by atomic mass is 9.99. The van der Waals surface area contributed by atoms with Gasteiger partial charge in [0.25, 0.3) is 5.56 Å². The highest BCUT2D eigenvalue weighted by atomic mass is 16.5. The smallest absolute Gasteiger partial charge is 0.333 e. The van der Waals surface area contributed by atoms with Crippen molar-refractivity contribution in [1.29, 1.82) is 0 Å². The summed E-state index contributed by atoms with van der Waals surface area (Å²) in [5.41, 5.74) is 2.83. The fourth-order valence-corrected chi connectivity index (χ4v) is 2.79. The first-order chi connectivity index (χ1) is 11.8. The fraction of sp³-hybridized carbons (Fsp3) is 0.312. The molecular weight excluding hydrogens is 328 g/mol. The first kappa shape index (κ1) is 16.6. The third kappa shape index (κ3) is 2.63. The minimum atomic E-state index is -0.613. The van der Waals surface area contributed by atoms with Crippen molar-refractivity contribution in [3.63, 3.8) is 0 Å². The van der Waals surface area contributed by atoms with E-state index in [-0.39, 0.29) is 17.4 Å². The second-order valence-electron chi connectivity index (χ2n) is 5.78. The Kier molecular flexibility index (Phi) is 3.99. The maximum Gasteiger partial charge on any atom is 0.333 e. The van der Waals surface area contributed by atoms with E-state index in [1.165, 1.54) is 27.3 Å². The molecule has 0 unspecified atom stereocenters. The van der Waals surface area contributed by atoms with E-state index in [2.05, 4.69) is 10.5 Å². The molecule has 1 atom stereocenters. The quantitative estimate of drug-likeness (QED) is 0.717. The Hall–Kier alpha value is -3.23. The zero-order valence-electron chi connectivity index (χ0n) is 14.0. The normalized spacial score (nSPS) is 16.4. The largest absolute Gasteiger partial charge is 0.504 e. The van der Waals surface area contributed by atoms with Crippen molar-refractivity contribution in [2.45, 2.75) is 12.5 Å². The summed E-state index contributed by atoms with van der Waals surface area (Å²) in [6.07, 6.45) is 0.328. The molecule has 2 heterocycles. The van der Waals surface area contributed by atoms with Crippen molar-refractivity contribution in [3.05, 3.63) is 50.2 Å². The van der Waals surface area contributed by atoms with Gasteiger partial charge in [-0.1, -0.05) is 6.07 Å². The Labute approximate surface area is 142 Å². The Morgan fingerprint density at radius 2 is 1.96 bits per heavy atom. The zero-order valence-corrected chi connectivity index (χ0v) is 14.0. The lowest BCUT2D eigenvalue weighted by Crippen LogP contribution is -2.39. The Morgan fingerprint density at radius 3 is 2.64 bits per heavy atom. The van der Waals surface area contributed by atoms with Crippen LogP contribution in [0.2, 0.25) is 0 Å². The number of ether oxygens (including phenoxy) is 1. The number of aromatic hydroxyl groups is 2. The molecule has 0 fully saturated rings. The van der Waals surface area contributed by atoms with Gasteiger partial charge in [-0.2, -0.15) is 5.10 Å². The Balaban J connectivity index is 1.97. The van der Waals surface area contributed by atoms with Crippen molar-refractivity contribution in [2.75, 3.05) is 7.11 Å². The van der Waals surface area contributed by atoms with Crippen LogP contribution in [0.4, 0.5) is 0 Å². The second-order valence-corrected chi connectivity index (χ2v) is 5.78. The maximum atomic E-state index is 12.4. The third-order valence-corrected chi connectivity index (χ3v) is 4.28. The molecule has 0 aliphatic carbocycles. The lowest BCUT2D eigenvalue weighted by Gasteiger charge is -2.13. The number of methoxy groups -OCH3 is 1. The molecule has 1 aromatic heterocycles. The van der Waals surface area contributed by atoms with Gasteiger partial charge in [-0.15, -0.1) is 0 Å². The summed E-state index contributed by atoms with van der Waals surface area (Å²) < 4.78 is 7.01. The molecule has 0 bridgehead atoms. The van der Waals surface area contributed by atoms with Gasteiger partial charge in [0.15, 0.2) is 11.5 Å². The Bertz CT molecular complexity index is 989. The van der Waals surface area contributed by atoms with Crippen LogP contribution in [0, 0.1) is 0 Å². The highest BCUT2D eigenvalue weighted by Gasteiger charge is 2.28. The van der Waals surface area contributed by atoms with E-state index >= 15 is 0 Å². The summed E-state index contributed by atoms with van der Waals surface area (Å²) in [7, 11) is 4.18. The van der Waals surface area contributed by atoms with Crippen LogP contribution in [0.3, 0.4) is 0 Å². The molecule has 3 N–H and O–H groups in total. The number of phenols is 1. The van der Waals surface area contributed by atoms with E-state index in [0.717, 1.165) is 14.7 Å². The monoisotopic (exact) mass is 346 g/mol. The predicted octanol–water partition coefficient (Wildman–Crippen LogP) is -0.0575. The summed E-state index contributed by atoms with van der Waals surface area (Å²) in [6.45, 7) is 0. The molecule has 132 valence electrons. The molecule has 0 saturated heterocycles. The number of nitrogens with zero attached hydrogens (tertiary/aromatic N) is 3. The van der Waals surface area contributed by atoms with Crippen LogP contribution in [0.25, 0.3) is 0 Å². The molecule has 0 saturated carbocycles. The topological polar surface area (TPSA) is 118 Å². The van der Waals surface area contributed by atoms with Crippen molar-refractivity contribution in [3.8, 4) is 17.4 Å². The van der Waals surface area contributed by atoms with Crippen LogP contribution in [-0.4, -0.2) is 32.2 Å². The predicted molar refractivity (Wildman–Crippen MR) is 90.3 cm³/mol. The van der Waals surface area contributed by atoms with Gasteiger partial charge in [0.2, 0.25) is 5.88 Å². The van der Waals surface area contributed by atoms with Gasteiger partial charge < -0.3 is 20.4 Å². The van der Waals surface area contributed by atoms with Gasteiger partial charge in [0.1, 0.15) is 5.56 Å². The fourth-order valence-electron chi connectivity index (χ4n) is 2.79. The van der Waals surface area contributed by atoms with E-state index in [1.807, 2.05) is 0 Å². The number of hydrogen-bond donors (Lipinski definition) is 3. The van der Waals surface area contributed by atoms with Gasteiger partial charge >= 0.3 is 5.69 Å². The molecule has 1 aromatic carbocycles. The summed E-state index contributed by atoms with van der Waals surface area (Å²) >= 11 is 0. The average molecular weight is 346 g/mol. The summed E-state index contributed by atoms with van der Waals surface area (Å²) in [6, 6.07) is 4.64. The van der Waals surface area contributed by atoms with Crippen LogP contribution >= 0.6 is 0 Å². The second kappa shape index (κ2) is 6.00. The van der Waals surface area contributed by atoms with Gasteiger partial charge in [0, 0.05) is 20.5 Å². The van der Waals surface area contributed by atoms with Gasteiger partial charge in [-0.3, -0.25) is 13.9 Å². The number of aromatic nitrogens is 2. The summed E-state index contributed by atoms with van der Waals surface area (Å²) in [5, 5.41) is 24.0. The van der Waals surface area contributed by atoms with E-state index < -0.39 is 17.1 Å². The van der Waals surface area contributed by atoms with Crippen molar-refractivity contribution in [2.24, 2.45) is 19.2 Å². The molecular formula is C16H18N4O5. The molecule has 1 aliphatic heterocycles. The number of phenolic OH excluding ortho intramolecular Hbond substituents is 1. The van der Waals surface area contributed by atoms with E-state index in [4.69, 9.17) is 4.74 Å². The SMILES string of the molecule is COc1cc([C@H]2CC(c3c(O)n(C)c(=O)n(C)c3=O)=NN2)ccc1O. The molecule has 0 amide bonds. The Morgan fingerprint density at radius 1 is 1.24 bits per heavy atom. The van der Waals surface area contributed by atoms with E-state index in [0.29, 0.717) is 17.9 Å². The van der Waals surface area contributed by atoms with Crippen LogP contribution in [0.5, 0.6) is 17.4 Å². The first-order valence-electron chi connectivity index (χ1n) is 7.53. The molecule has 2 aromatic rings. The molecule has 1 aliphatic rings. The maximum absolute atomic E-state index is 12.4. The van der Waals surface area contributed by atoms with Gasteiger partial charge in [-0.05, 0) is 17.7 Å². The molecule has 0 radical (unpaired) electrons. The number of nitrogens with one attached hydrogen (secondary N) is 1. The highest BCUT2D eigenvalue weighted by Crippen LogP contribution is 2.32. The minimum absolute atomic E-state index is 0.00894.